The van der Waals surface area contributed by atoms with Crippen LogP contribution in [0.3, 0.4) is 0 Å². The zero-order chi connectivity index (χ0) is 12.8. The predicted octanol–water partition coefficient (Wildman–Crippen LogP) is 4.70. The van der Waals surface area contributed by atoms with Gasteiger partial charge in [0.05, 0.1) is 0 Å². The molecule has 0 aromatic heterocycles. The van der Waals surface area contributed by atoms with Crippen LogP contribution in [0.4, 0.5) is 0 Å². The number of aryl methyl sites for hydroxylation is 1. The van der Waals surface area contributed by atoms with E-state index in [4.69, 9.17) is 0 Å². The topological polar surface area (TPSA) is 12.4 Å². The molecular formula is C17H21N. The van der Waals surface area contributed by atoms with Crippen LogP contribution in [-0.2, 0) is 6.42 Å². The molecule has 1 aliphatic heterocycles. The van der Waals surface area contributed by atoms with Crippen LogP contribution in [0.1, 0.15) is 38.7 Å². The van der Waals surface area contributed by atoms with Crippen LogP contribution < -0.4 is 0 Å². The highest BCUT2D eigenvalue weighted by atomic mass is 14.7. The smallest absolute Gasteiger partial charge is 0.0406 e. The average Bonchev–Trinajstić information content (AvgIpc) is 2.39. The largest absolute Gasteiger partial charge is 0.261 e. The maximum atomic E-state index is 4.61. The van der Waals surface area contributed by atoms with Crippen molar-refractivity contribution in [3.63, 3.8) is 0 Å². The minimum absolute atomic E-state index is 1.02. The predicted molar refractivity (Wildman–Crippen MR) is 78.9 cm³/mol. The van der Waals surface area contributed by atoms with Crippen LogP contribution in [0.25, 0.3) is 0 Å². The molecule has 1 nitrogen and oxygen atoms in total. The third-order valence-electron chi connectivity index (χ3n) is 3.29. The van der Waals surface area contributed by atoms with Crippen molar-refractivity contribution < 1.29 is 0 Å². The molecule has 0 atom stereocenters. The summed E-state index contributed by atoms with van der Waals surface area (Å²) in [5.41, 5.74) is 5.40. The second kappa shape index (κ2) is 6.34. The molecule has 0 spiro atoms. The molecule has 0 radical (unpaired) electrons. The Morgan fingerprint density at radius 2 is 1.67 bits per heavy atom. The third kappa shape index (κ3) is 3.99. The van der Waals surface area contributed by atoms with E-state index in [1.165, 1.54) is 22.4 Å². The summed E-state index contributed by atoms with van der Waals surface area (Å²) in [5.74, 6) is 0. The van der Waals surface area contributed by atoms with Crippen LogP contribution in [0.5, 0.6) is 0 Å². The second-order valence-electron chi connectivity index (χ2n) is 5.07. The number of rotatable bonds is 3. The number of hydrogen-bond donors (Lipinski definition) is 0. The standard InChI is InChI=1S/C17H21N/c1-14-8-9-15(2)13-18-17(12-14)11-10-16-6-4-3-5-7-16/h3-7,12-13H,8-11H2,1-2H3/b14-12-,15-13-,18-17-. The van der Waals surface area contributed by atoms with Crippen LogP contribution in [-0.4, -0.2) is 5.71 Å². The SMILES string of the molecule is C/C1=C/N=C(CCc2ccccc2)\C=C(\C)CC1. The van der Waals surface area contributed by atoms with E-state index in [1.807, 2.05) is 6.20 Å². The van der Waals surface area contributed by atoms with Gasteiger partial charge in [-0.1, -0.05) is 41.5 Å². The quantitative estimate of drug-likeness (QED) is 0.724. The van der Waals surface area contributed by atoms with Crippen molar-refractivity contribution in [3.8, 4) is 0 Å². The lowest BCUT2D eigenvalue weighted by molar-refractivity contribution is 0.913. The van der Waals surface area contributed by atoms with Crippen molar-refractivity contribution in [2.24, 2.45) is 4.99 Å². The van der Waals surface area contributed by atoms with Crippen molar-refractivity contribution in [3.05, 3.63) is 59.3 Å². The number of nitrogens with zero attached hydrogens (tertiary/aromatic N) is 1. The first kappa shape index (κ1) is 12.8. The monoisotopic (exact) mass is 239 g/mol. The Balaban J connectivity index is 2.04. The van der Waals surface area contributed by atoms with E-state index in [9.17, 15) is 0 Å². The molecule has 0 bridgehead atoms. The van der Waals surface area contributed by atoms with E-state index < -0.39 is 0 Å². The third-order valence-corrected chi connectivity index (χ3v) is 3.29. The number of hydrogen-bond acceptors (Lipinski definition) is 1. The first-order valence-electron chi connectivity index (χ1n) is 6.67. The molecule has 0 aliphatic carbocycles. The molecule has 1 aromatic carbocycles. The summed E-state index contributed by atoms with van der Waals surface area (Å²) in [4.78, 5) is 4.61. The van der Waals surface area contributed by atoms with Gasteiger partial charge in [-0.3, -0.25) is 4.99 Å². The van der Waals surface area contributed by atoms with Crippen LogP contribution in [0, 0.1) is 0 Å². The highest BCUT2D eigenvalue weighted by Crippen LogP contribution is 2.15. The van der Waals surface area contributed by atoms with Gasteiger partial charge < -0.3 is 0 Å². The lowest BCUT2D eigenvalue weighted by Crippen LogP contribution is -2.00. The Morgan fingerprint density at radius 1 is 0.944 bits per heavy atom. The summed E-state index contributed by atoms with van der Waals surface area (Å²) < 4.78 is 0. The van der Waals surface area contributed by atoms with Crippen molar-refractivity contribution >= 4 is 5.71 Å². The Kier molecular flexibility index (Phi) is 4.52. The minimum Gasteiger partial charge on any atom is -0.261 e. The summed E-state index contributed by atoms with van der Waals surface area (Å²) in [6, 6.07) is 10.6. The fraction of sp³-hybridized carbons (Fsp3) is 0.353. The normalized spacial score (nSPS) is 24.9. The fourth-order valence-electron chi connectivity index (χ4n) is 2.10. The molecule has 18 heavy (non-hydrogen) atoms. The Labute approximate surface area is 110 Å². The minimum atomic E-state index is 1.02. The zero-order valence-electron chi connectivity index (χ0n) is 11.3. The Morgan fingerprint density at radius 3 is 2.44 bits per heavy atom. The molecule has 0 fully saturated rings. The molecule has 1 heteroatoms. The molecule has 0 N–H and O–H groups in total. The van der Waals surface area contributed by atoms with Crippen LogP contribution in [0.2, 0.25) is 0 Å². The molecule has 0 saturated heterocycles. The first-order chi connectivity index (χ1) is 8.74. The van der Waals surface area contributed by atoms with Crippen LogP contribution >= 0.6 is 0 Å². The van der Waals surface area contributed by atoms with E-state index >= 15 is 0 Å². The van der Waals surface area contributed by atoms with Crippen molar-refractivity contribution in [1.82, 2.24) is 0 Å². The summed E-state index contributed by atoms with van der Waals surface area (Å²) in [6.45, 7) is 4.37. The van der Waals surface area contributed by atoms with Gasteiger partial charge in [-0.25, -0.2) is 0 Å². The first-order valence-corrected chi connectivity index (χ1v) is 6.67. The molecule has 0 amide bonds. The molecular weight excluding hydrogens is 218 g/mol. The summed E-state index contributed by atoms with van der Waals surface area (Å²) in [7, 11) is 0. The van der Waals surface area contributed by atoms with Gasteiger partial charge in [0.1, 0.15) is 0 Å². The molecule has 0 saturated carbocycles. The van der Waals surface area contributed by atoms with Crippen LogP contribution in [0.15, 0.2) is 58.7 Å². The molecule has 1 heterocycles. The van der Waals surface area contributed by atoms with E-state index in [0.717, 1.165) is 25.7 Å². The van der Waals surface area contributed by atoms with Gasteiger partial charge in [0.25, 0.3) is 0 Å². The fourth-order valence-corrected chi connectivity index (χ4v) is 2.10. The number of allylic oxidation sites excluding steroid dienone is 3. The van der Waals surface area contributed by atoms with E-state index in [-0.39, 0.29) is 0 Å². The lowest BCUT2D eigenvalue weighted by atomic mass is 10.0. The van der Waals surface area contributed by atoms with Crippen molar-refractivity contribution in [2.75, 3.05) is 0 Å². The van der Waals surface area contributed by atoms with Gasteiger partial charge in [0, 0.05) is 11.9 Å². The number of benzene rings is 1. The zero-order valence-corrected chi connectivity index (χ0v) is 11.3. The molecule has 2 rings (SSSR count). The molecule has 1 aliphatic rings. The number of aliphatic imine (C=N–C) groups is 1. The van der Waals surface area contributed by atoms with E-state index in [0.29, 0.717) is 0 Å². The molecule has 94 valence electrons. The van der Waals surface area contributed by atoms with E-state index in [2.05, 4.69) is 55.2 Å². The van der Waals surface area contributed by atoms with Crippen molar-refractivity contribution in [1.29, 1.82) is 0 Å². The van der Waals surface area contributed by atoms with Gasteiger partial charge in [-0.2, -0.15) is 0 Å². The summed E-state index contributed by atoms with van der Waals surface area (Å²) in [5, 5.41) is 0. The highest BCUT2D eigenvalue weighted by Gasteiger charge is 2.02. The summed E-state index contributed by atoms with van der Waals surface area (Å²) >= 11 is 0. The maximum Gasteiger partial charge on any atom is 0.0406 e. The Hall–Kier alpha value is -1.63. The van der Waals surface area contributed by atoms with Gasteiger partial charge in [-0.05, 0) is 51.2 Å². The molecule has 0 unspecified atom stereocenters. The lowest BCUT2D eigenvalue weighted by Gasteiger charge is -2.08. The van der Waals surface area contributed by atoms with Gasteiger partial charge in [0.15, 0.2) is 0 Å². The van der Waals surface area contributed by atoms with E-state index in [1.54, 1.807) is 0 Å². The highest BCUT2D eigenvalue weighted by molar-refractivity contribution is 5.96. The Bertz CT molecular complexity index is 478. The summed E-state index contributed by atoms with van der Waals surface area (Å²) in [6.07, 6.45) is 8.67. The van der Waals surface area contributed by atoms with Gasteiger partial charge in [0.2, 0.25) is 0 Å². The molecule has 1 aromatic rings. The van der Waals surface area contributed by atoms with Gasteiger partial charge in [-0.15, -0.1) is 0 Å². The second-order valence-corrected chi connectivity index (χ2v) is 5.07. The maximum absolute atomic E-state index is 4.61. The average molecular weight is 239 g/mol. The van der Waals surface area contributed by atoms with Gasteiger partial charge >= 0.3 is 0 Å². The van der Waals surface area contributed by atoms with Crippen molar-refractivity contribution in [2.45, 2.75) is 39.5 Å².